The molecule has 4 nitrogen and oxygen atoms in total. The molecule has 1 amide bonds. The van der Waals surface area contributed by atoms with Crippen LogP contribution in [0.4, 0.5) is 14.5 Å². The van der Waals surface area contributed by atoms with Crippen LogP contribution in [0.1, 0.15) is 19.3 Å². The van der Waals surface area contributed by atoms with Crippen molar-refractivity contribution in [3.8, 4) is 5.75 Å². The van der Waals surface area contributed by atoms with Crippen LogP contribution in [0.15, 0.2) is 18.2 Å². The van der Waals surface area contributed by atoms with Gasteiger partial charge in [0.1, 0.15) is 5.75 Å². The van der Waals surface area contributed by atoms with Gasteiger partial charge in [-0.3, -0.25) is 4.79 Å². The summed E-state index contributed by atoms with van der Waals surface area (Å²) in [5, 5.41) is 2.77. The smallest absolute Gasteiger partial charge is 0.387 e. The molecule has 1 fully saturated rings. The highest BCUT2D eigenvalue weighted by molar-refractivity contribution is 6.32. The van der Waals surface area contributed by atoms with Crippen LogP contribution in [0.5, 0.6) is 5.75 Å². The van der Waals surface area contributed by atoms with E-state index < -0.39 is 6.61 Å². The van der Waals surface area contributed by atoms with Crippen LogP contribution in [0.3, 0.4) is 0 Å². The lowest BCUT2D eigenvalue weighted by Crippen LogP contribution is -2.29. The Morgan fingerprint density at radius 1 is 1.48 bits per heavy atom. The third kappa shape index (κ3) is 4.04. The maximum Gasteiger partial charge on any atom is 0.387 e. The summed E-state index contributed by atoms with van der Waals surface area (Å²) in [7, 11) is 0. The first-order chi connectivity index (χ1) is 10.0. The zero-order valence-corrected chi connectivity index (χ0v) is 12.1. The highest BCUT2D eigenvalue weighted by Crippen LogP contribution is 2.33. The Hall–Kier alpha value is -1.40. The first-order valence-corrected chi connectivity index (χ1v) is 7.14. The number of anilines is 1. The second-order valence-corrected chi connectivity index (χ2v) is 5.45. The predicted octanol–water partition coefficient (Wildman–Crippen LogP) is 3.25. The number of ether oxygens (including phenoxy) is 1. The van der Waals surface area contributed by atoms with Gasteiger partial charge in [0.15, 0.2) is 0 Å². The van der Waals surface area contributed by atoms with Crippen molar-refractivity contribution in [2.45, 2.75) is 25.9 Å². The van der Waals surface area contributed by atoms with Crippen LogP contribution in [-0.2, 0) is 4.79 Å². The second kappa shape index (κ2) is 7.04. The first-order valence-electron chi connectivity index (χ1n) is 6.76. The molecule has 0 radical (unpaired) electrons. The van der Waals surface area contributed by atoms with Crippen LogP contribution < -0.4 is 15.8 Å². The topological polar surface area (TPSA) is 64.4 Å². The lowest BCUT2D eigenvalue weighted by molar-refractivity contribution is -0.120. The normalized spacial score (nSPS) is 21.6. The van der Waals surface area contributed by atoms with Gasteiger partial charge in [-0.1, -0.05) is 18.0 Å². The zero-order chi connectivity index (χ0) is 15.4. The number of amides is 1. The van der Waals surface area contributed by atoms with Gasteiger partial charge in [0.2, 0.25) is 5.91 Å². The van der Waals surface area contributed by atoms with Crippen molar-refractivity contribution in [2.75, 3.05) is 11.9 Å². The molecule has 2 unspecified atom stereocenters. The Kier molecular flexibility index (Phi) is 5.36. The Bertz CT molecular complexity index is 514. The molecule has 1 saturated carbocycles. The van der Waals surface area contributed by atoms with Crippen molar-refractivity contribution in [3.05, 3.63) is 23.2 Å². The third-order valence-corrected chi connectivity index (χ3v) is 4.01. The SMILES string of the molecule is NCC1CCCC1C(=O)Nc1ccc(OC(F)F)c(Cl)c1. The molecule has 0 aromatic heterocycles. The van der Waals surface area contributed by atoms with Crippen molar-refractivity contribution in [1.29, 1.82) is 0 Å². The van der Waals surface area contributed by atoms with E-state index in [1.54, 1.807) is 0 Å². The van der Waals surface area contributed by atoms with Crippen molar-refractivity contribution in [2.24, 2.45) is 17.6 Å². The van der Waals surface area contributed by atoms with Crippen molar-refractivity contribution >= 4 is 23.2 Å². The fourth-order valence-electron chi connectivity index (χ4n) is 2.67. The number of benzene rings is 1. The lowest BCUT2D eigenvalue weighted by atomic mass is 9.95. The van der Waals surface area contributed by atoms with Gasteiger partial charge in [0.05, 0.1) is 5.02 Å². The molecule has 7 heteroatoms. The van der Waals surface area contributed by atoms with Gasteiger partial charge in [-0.05, 0) is 43.5 Å². The molecule has 116 valence electrons. The standard InChI is InChI=1S/C14H17ClF2N2O2/c15-11-6-9(4-5-12(11)21-14(16)17)19-13(20)10-3-1-2-8(10)7-18/h4-6,8,10,14H,1-3,7,18H2,(H,19,20). The van der Waals surface area contributed by atoms with E-state index in [2.05, 4.69) is 10.1 Å². The number of hydrogen-bond donors (Lipinski definition) is 2. The first kappa shape index (κ1) is 16.0. The third-order valence-electron chi connectivity index (χ3n) is 3.71. The number of nitrogens with two attached hydrogens (primary N) is 1. The summed E-state index contributed by atoms with van der Waals surface area (Å²) in [5.74, 6) is -0.139. The summed E-state index contributed by atoms with van der Waals surface area (Å²) >= 11 is 5.84. The van der Waals surface area contributed by atoms with Crippen molar-refractivity contribution in [3.63, 3.8) is 0 Å². The number of carbonyl (C=O) groups excluding carboxylic acids is 1. The van der Waals surface area contributed by atoms with Gasteiger partial charge < -0.3 is 15.8 Å². The Labute approximate surface area is 126 Å². The highest BCUT2D eigenvalue weighted by atomic mass is 35.5. The van der Waals surface area contributed by atoms with E-state index in [-0.39, 0.29) is 28.5 Å². The van der Waals surface area contributed by atoms with E-state index in [4.69, 9.17) is 17.3 Å². The van der Waals surface area contributed by atoms with Gasteiger partial charge in [-0.15, -0.1) is 0 Å². The molecule has 1 aliphatic rings. The van der Waals surface area contributed by atoms with Gasteiger partial charge in [0, 0.05) is 11.6 Å². The Morgan fingerprint density at radius 2 is 2.24 bits per heavy atom. The molecule has 0 saturated heterocycles. The Morgan fingerprint density at radius 3 is 2.86 bits per heavy atom. The molecule has 2 rings (SSSR count). The van der Waals surface area contributed by atoms with Gasteiger partial charge >= 0.3 is 6.61 Å². The molecule has 2 atom stereocenters. The van der Waals surface area contributed by atoms with E-state index in [0.717, 1.165) is 19.3 Å². The number of halogens is 3. The molecular weight excluding hydrogens is 302 g/mol. The summed E-state index contributed by atoms with van der Waals surface area (Å²) in [4.78, 5) is 12.2. The van der Waals surface area contributed by atoms with Crippen molar-refractivity contribution < 1.29 is 18.3 Å². The lowest BCUT2D eigenvalue weighted by Gasteiger charge is -2.17. The van der Waals surface area contributed by atoms with Gasteiger partial charge in [-0.2, -0.15) is 8.78 Å². The zero-order valence-electron chi connectivity index (χ0n) is 11.3. The van der Waals surface area contributed by atoms with Crippen LogP contribution >= 0.6 is 11.6 Å². The Balaban J connectivity index is 2.02. The highest BCUT2D eigenvalue weighted by Gasteiger charge is 2.31. The quantitative estimate of drug-likeness (QED) is 0.876. The number of alkyl halides is 2. The molecule has 0 spiro atoms. The number of carbonyl (C=O) groups is 1. The predicted molar refractivity (Wildman–Crippen MR) is 76.6 cm³/mol. The summed E-state index contributed by atoms with van der Waals surface area (Å²) in [6, 6.07) is 4.18. The average Bonchev–Trinajstić information content (AvgIpc) is 2.90. The summed E-state index contributed by atoms with van der Waals surface area (Å²) in [5.41, 5.74) is 6.11. The minimum absolute atomic E-state index is 0.0231. The monoisotopic (exact) mass is 318 g/mol. The molecule has 21 heavy (non-hydrogen) atoms. The van der Waals surface area contributed by atoms with E-state index >= 15 is 0 Å². The molecule has 1 aromatic rings. The molecule has 0 aliphatic heterocycles. The van der Waals surface area contributed by atoms with E-state index in [1.807, 2.05) is 0 Å². The fourth-order valence-corrected chi connectivity index (χ4v) is 2.89. The van der Waals surface area contributed by atoms with Gasteiger partial charge in [0.25, 0.3) is 0 Å². The maximum atomic E-state index is 12.2. The van der Waals surface area contributed by atoms with Crippen molar-refractivity contribution in [1.82, 2.24) is 0 Å². The maximum absolute atomic E-state index is 12.2. The van der Waals surface area contributed by atoms with Crippen LogP contribution in [0.25, 0.3) is 0 Å². The number of nitrogens with one attached hydrogen (secondary N) is 1. The van der Waals surface area contributed by atoms with Crippen LogP contribution in [-0.4, -0.2) is 19.1 Å². The minimum atomic E-state index is -2.94. The largest absolute Gasteiger partial charge is 0.433 e. The summed E-state index contributed by atoms with van der Waals surface area (Å²) in [6.45, 7) is -2.45. The average molecular weight is 319 g/mol. The number of rotatable bonds is 5. The molecule has 1 aliphatic carbocycles. The second-order valence-electron chi connectivity index (χ2n) is 5.05. The molecular formula is C14H17ClF2N2O2. The van der Waals surface area contributed by atoms with E-state index in [0.29, 0.717) is 12.2 Å². The fraction of sp³-hybridized carbons (Fsp3) is 0.500. The molecule has 0 heterocycles. The van der Waals surface area contributed by atoms with Gasteiger partial charge in [-0.25, -0.2) is 0 Å². The van der Waals surface area contributed by atoms with E-state index in [1.165, 1.54) is 18.2 Å². The number of hydrogen-bond acceptors (Lipinski definition) is 3. The summed E-state index contributed by atoms with van der Waals surface area (Å²) < 4.78 is 28.5. The van der Waals surface area contributed by atoms with Crippen LogP contribution in [0, 0.1) is 11.8 Å². The van der Waals surface area contributed by atoms with E-state index in [9.17, 15) is 13.6 Å². The minimum Gasteiger partial charge on any atom is -0.433 e. The molecule has 0 bridgehead atoms. The van der Waals surface area contributed by atoms with Crippen LogP contribution in [0.2, 0.25) is 5.02 Å². The molecule has 1 aromatic carbocycles. The molecule has 3 N–H and O–H groups in total. The summed E-state index contributed by atoms with van der Waals surface area (Å²) in [6.07, 6.45) is 2.76.